The first-order valence-electron chi connectivity index (χ1n) is 4.91. The number of hydrogen-bond acceptors (Lipinski definition) is 2. The van der Waals surface area contributed by atoms with E-state index in [0.29, 0.717) is 16.1 Å². The number of aryl methyl sites for hydroxylation is 1. The Kier molecular flexibility index (Phi) is 3.90. The lowest BCUT2D eigenvalue weighted by molar-refractivity contribution is 0.0929. The van der Waals surface area contributed by atoms with Gasteiger partial charge in [0.2, 0.25) is 0 Å². The van der Waals surface area contributed by atoms with Gasteiger partial charge in [0.15, 0.2) is 0 Å². The Morgan fingerprint density at radius 2 is 2.13 bits per heavy atom. The van der Waals surface area contributed by atoms with Gasteiger partial charge < -0.3 is 5.32 Å². The maximum absolute atomic E-state index is 11.8. The Bertz CT molecular complexity index is 360. The second kappa shape index (κ2) is 4.79. The number of rotatable bonds is 3. The zero-order valence-electron chi connectivity index (χ0n) is 9.41. The molecule has 5 heteroatoms. The Hall–Kier alpha value is -0.840. The van der Waals surface area contributed by atoms with Crippen molar-refractivity contribution in [3.8, 4) is 0 Å². The van der Waals surface area contributed by atoms with E-state index in [2.05, 4.69) is 40.2 Å². The number of amides is 1. The number of hydrogen-bond donors (Lipinski definition) is 1. The Morgan fingerprint density at radius 1 is 1.53 bits per heavy atom. The molecular weight excluding hydrogens is 258 g/mol. The number of halogens is 1. The quantitative estimate of drug-likeness (QED) is 0.915. The summed E-state index contributed by atoms with van der Waals surface area (Å²) in [7, 11) is 1.78. The molecule has 0 aliphatic rings. The van der Waals surface area contributed by atoms with E-state index in [4.69, 9.17) is 0 Å². The third kappa shape index (κ3) is 2.81. The third-order valence-corrected chi connectivity index (χ3v) is 3.41. The summed E-state index contributed by atoms with van der Waals surface area (Å²) in [5, 5.41) is 6.93. The molecule has 84 valence electrons. The van der Waals surface area contributed by atoms with Gasteiger partial charge in [-0.2, -0.15) is 5.10 Å². The number of nitrogens with zero attached hydrogens (tertiary/aromatic N) is 2. The topological polar surface area (TPSA) is 46.9 Å². The van der Waals surface area contributed by atoms with Gasteiger partial charge in [-0.3, -0.25) is 9.48 Å². The summed E-state index contributed by atoms with van der Waals surface area (Å²) < 4.78 is 2.32. The van der Waals surface area contributed by atoms with Crippen molar-refractivity contribution in [2.45, 2.75) is 26.8 Å². The van der Waals surface area contributed by atoms with Gasteiger partial charge >= 0.3 is 0 Å². The summed E-state index contributed by atoms with van der Waals surface area (Å²) >= 11 is 3.32. The summed E-state index contributed by atoms with van der Waals surface area (Å²) in [6, 6.07) is 0.157. The highest BCUT2D eigenvalue weighted by Crippen LogP contribution is 2.15. The first kappa shape index (κ1) is 12.2. The fraction of sp³-hybridized carbons (Fsp3) is 0.600. The van der Waals surface area contributed by atoms with Crippen molar-refractivity contribution in [3.05, 3.63) is 16.4 Å². The van der Waals surface area contributed by atoms with Crippen LogP contribution in [0.5, 0.6) is 0 Å². The highest BCUT2D eigenvalue weighted by atomic mass is 79.9. The van der Waals surface area contributed by atoms with E-state index < -0.39 is 0 Å². The lowest BCUT2D eigenvalue weighted by Crippen LogP contribution is -2.36. The number of nitrogens with one attached hydrogen (secondary N) is 1. The maximum Gasteiger partial charge on any atom is 0.255 e. The van der Waals surface area contributed by atoms with Crippen molar-refractivity contribution in [1.82, 2.24) is 15.1 Å². The van der Waals surface area contributed by atoms with Crippen LogP contribution < -0.4 is 5.32 Å². The average Bonchev–Trinajstić information content (AvgIpc) is 2.47. The summed E-state index contributed by atoms with van der Waals surface area (Å²) in [5.74, 6) is 0.334. The highest BCUT2D eigenvalue weighted by Gasteiger charge is 2.17. The Labute approximate surface area is 98.2 Å². The zero-order valence-corrected chi connectivity index (χ0v) is 11.0. The van der Waals surface area contributed by atoms with Crippen molar-refractivity contribution in [3.63, 3.8) is 0 Å². The molecule has 1 rings (SSSR count). The third-order valence-electron chi connectivity index (χ3n) is 2.47. The summed E-state index contributed by atoms with van der Waals surface area (Å²) in [5.41, 5.74) is 0.574. The molecular formula is C10H16BrN3O. The van der Waals surface area contributed by atoms with Gasteiger partial charge in [-0.05, 0) is 28.8 Å². The van der Waals surface area contributed by atoms with Crippen molar-refractivity contribution >= 4 is 21.8 Å². The number of aromatic nitrogens is 2. The van der Waals surface area contributed by atoms with Crippen LogP contribution in [0, 0.1) is 5.92 Å². The minimum absolute atomic E-state index is 0.0869. The van der Waals surface area contributed by atoms with E-state index in [0.717, 1.165) is 0 Å². The fourth-order valence-corrected chi connectivity index (χ4v) is 1.40. The Morgan fingerprint density at radius 3 is 2.53 bits per heavy atom. The van der Waals surface area contributed by atoms with Crippen molar-refractivity contribution in [2.24, 2.45) is 13.0 Å². The molecule has 0 aliphatic carbocycles. The van der Waals surface area contributed by atoms with Gasteiger partial charge in [-0.15, -0.1) is 0 Å². The molecule has 0 fully saturated rings. The molecule has 0 spiro atoms. The van der Waals surface area contributed by atoms with Crippen LogP contribution in [0.25, 0.3) is 0 Å². The van der Waals surface area contributed by atoms with Gasteiger partial charge in [0.1, 0.15) is 4.60 Å². The smallest absolute Gasteiger partial charge is 0.255 e. The fourth-order valence-electron chi connectivity index (χ4n) is 1.03. The number of carbonyl (C=O) groups is 1. The summed E-state index contributed by atoms with van der Waals surface area (Å²) in [6.45, 7) is 6.14. The lowest BCUT2D eigenvalue weighted by Gasteiger charge is -2.16. The predicted octanol–water partition coefficient (Wildman–Crippen LogP) is 1.96. The van der Waals surface area contributed by atoms with E-state index in [1.807, 2.05) is 6.92 Å². The highest BCUT2D eigenvalue weighted by molar-refractivity contribution is 9.10. The van der Waals surface area contributed by atoms with E-state index in [1.54, 1.807) is 17.9 Å². The van der Waals surface area contributed by atoms with E-state index in [-0.39, 0.29) is 11.9 Å². The van der Waals surface area contributed by atoms with E-state index >= 15 is 0 Å². The molecule has 1 heterocycles. The maximum atomic E-state index is 11.8. The molecule has 0 saturated carbocycles. The molecule has 0 aliphatic heterocycles. The molecule has 4 nitrogen and oxygen atoms in total. The summed E-state index contributed by atoms with van der Waals surface area (Å²) in [4.78, 5) is 11.8. The average molecular weight is 274 g/mol. The van der Waals surface area contributed by atoms with Crippen LogP contribution in [-0.4, -0.2) is 21.7 Å². The van der Waals surface area contributed by atoms with Gasteiger partial charge in [0.05, 0.1) is 11.8 Å². The largest absolute Gasteiger partial charge is 0.349 e. The second-order valence-electron chi connectivity index (χ2n) is 3.98. The van der Waals surface area contributed by atoms with Crippen LogP contribution >= 0.6 is 15.9 Å². The molecule has 1 N–H and O–H groups in total. The molecule has 0 aromatic carbocycles. The predicted molar refractivity (Wildman–Crippen MR) is 62.7 cm³/mol. The normalized spacial score (nSPS) is 12.9. The monoisotopic (exact) mass is 273 g/mol. The first-order chi connectivity index (χ1) is 6.93. The molecule has 1 aromatic rings. The van der Waals surface area contributed by atoms with Crippen LogP contribution in [0.2, 0.25) is 0 Å². The van der Waals surface area contributed by atoms with Crippen molar-refractivity contribution in [1.29, 1.82) is 0 Å². The molecule has 0 radical (unpaired) electrons. The van der Waals surface area contributed by atoms with E-state index in [1.165, 1.54) is 0 Å². The zero-order chi connectivity index (χ0) is 11.6. The lowest BCUT2D eigenvalue weighted by atomic mass is 10.1. The van der Waals surface area contributed by atoms with Crippen LogP contribution in [0.15, 0.2) is 10.8 Å². The molecule has 1 aromatic heterocycles. The van der Waals surface area contributed by atoms with Crippen molar-refractivity contribution in [2.75, 3.05) is 0 Å². The van der Waals surface area contributed by atoms with Gasteiger partial charge in [0, 0.05) is 13.1 Å². The van der Waals surface area contributed by atoms with Gasteiger partial charge in [-0.25, -0.2) is 0 Å². The SMILES string of the molecule is CC(C)C(C)NC(=O)c1cnn(C)c1Br. The van der Waals surface area contributed by atoms with E-state index in [9.17, 15) is 4.79 Å². The molecule has 1 unspecified atom stereocenters. The van der Waals surface area contributed by atoms with Crippen molar-refractivity contribution < 1.29 is 4.79 Å². The first-order valence-corrected chi connectivity index (χ1v) is 5.71. The van der Waals surface area contributed by atoms with Crippen LogP contribution in [0.4, 0.5) is 0 Å². The molecule has 0 saturated heterocycles. The molecule has 1 amide bonds. The van der Waals surface area contributed by atoms with Gasteiger partial charge in [0.25, 0.3) is 5.91 Å². The van der Waals surface area contributed by atoms with Crippen LogP contribution in [0.1, 0.15) is 31.1 Å². The summed E-state index contributed by atoms with van der Waals surface area (Å²) in [6.07, 6.45) is 1.56. The van der Waals surface area contributed by atoms with Crippen LogP contribution in [0.3, 0.4) is 0 Å². The standard InChI is InChI=1S/C10H16BrN3O/c1-6(2)7(3)13-10(15)8-5-12-14(4)9(8)11/h5-7H,1-4H3,(H,13,15). The minimum Gasteiger partial charge on any atom is -0.349 e. The molecule has 0 bridgehead atoms. The van der Waals surface area contributed by atoms with Crippen LogP contribution in [-0.2, 0) is 7.05 Å². The molecule has 1 atom stereocenters. The molecule has 15 heavy (non-hydrogen) atoms. The number of carbonyl (C=O) groups excluding carboxylic acids is 1. The second-order valence-corrected chi connectivity index (χ2v) is 4.73. The van der Waals surface area contributed by atoms with Gasteiger partial charge in [-0.1, -0.05) is 13.8 Å². The Balaban J connectivity index is 2.74. The minimum atomic E-state index is -0.0869.